The van der Waals surface area contributed by atoms with E-state index in [-0.39, 0.29) is 88.6 Å². The van der Waals surface area contributed by atoms with E-state index in [4.69, 9.17) is 28.6 Å². The summed E-state index contributed by atoms with van der Waals surface area (Å²) < 4.78 is 85.7. The molecule has 0 aromatic heterocycles. The Bertz CT molecular complexity index is 1820. The van der Waals surface area contributed by atoms with Crippen molar-refractivity contribution in [2.75, 3.05) is 41.7 Å². The molecule has 2 fully saturated rings. The molecule has 0 unspecified atom stereocenters. The monoisotopic (exact) mass is 901 g/mol. The second kappa shape index (κ2) is 20.3. The Morgan fingerprint density at radius 2 is 0.891 bits per heavy atom. The summed E-state index contributed by atoms with van der Waals surface area (Å²) in [7, 11) is 6.00. The molecule has 64 heavy (non-hydrogen) atoms. The zero-order chi connectivity index (χ0) is 46.6. The molecule has 4 bridgehead atoms. The van der Waals surface area contributed by atoms with Gasteiger partial charge in [-0.25, -0.2) is 17.6 Å². The van der Waals surface area contributed by atoms with Crippen LogP contribution in [0.1, 0.15) is 166 Å². The van der Waals surface area contributed by atoms with Gasteiger partial charge in [-0.15, -0.1) is 0 Å². The molecule has 6 aliphatic rings. The van der Waals surface area contributed by atoms with Gasteiger partial charge in [0, 0.05) is 46.9 Å². The van der Waals surface area contributed by atoms with Crippen molar-refractivity contribution in [1.82, 2.24) is 0 Å². The Balaban J connectivity index is 1.17. The van der Waals surface area contributed by atoms with Gasteiger partial charge in [0.05, 0.1) is 28.4 Å². The number of hydrogen-bond acceptors (Lipinski definition) is 7. The summed E-state index contributed by atoms with van der Waals surface area (Å²) in [5.41, 5.74) is 2.72. The van der Waals surface area contributed by atoms with Crippen LogP contribution < -0.4 is 18.9 Å². The fourth-order valence-electron chi connectivity index (χ4n) is 11.6. The summed E-state index contributed by atoms with van der Waals surface area (Å²) in [6.07, 6.45) is 13.9. The standard InChI is InChI=1S/C52H74F4NO7/c1-11-13-15-17-19-21-51(53,54)35-25-43(59-7)47(44(26-35)60-8)37-23-33(39-29-41(37)49(39,3)4)31-63-57(58)64-32-34-24-38(42-30-40(34)50(42,5)6)48-45(61-9)27-36(28-46(48)62-10)52(55,56)22-20-18-16-14-12-2/h23-28,37-42H,11-22,29-32H2,1-10H3/q+1/t37-,38-,39-,40-,41-,42-/m0/s1. The summed E-state index contributed by atoms with van der Waals surface area (Å²) in [4.78, 5) is 24.8. The van der Waals surface area contributed by atoms with Crippen molar-refractivity contribution < 1.29 is 51.3 Å². The summed E-state index contributed by atoms with van der Waals surface area (Å²) in [6.45, 7) is 12.9. The molecule has 8 nitrogen and oxygen atoms in total. The van der Waals surface area contributed by atoms with E-state index in [1.54, 1.807) is 0 Å². The highest BCUT2D eigenvalue weighted by Gasteiger charge is 2.58. The van der Waals surface area contributed by atoms with Crippen LogP contribution in [0.4, 0.5) is 17.6 Å². The van der Waals surface area contributed by atoms with Gasteiger partial charge in [-0.1, -0.05) is 105 Å². The lowest BCUT2D eigenvalue weighted by atomic mass is 9.45. The predicted octanol–water partition coefficient (Wildman–Crippen LogP) is 14.3. The number of unbranched alkanes of at least 4 members (excludes halogenated alkanes) is 8. The average molecular weight is 901 g/mol. The summed E-state index contributed by atoms with van der Waals surface area (Å²) >= 11 is 0. The van der Waals surface area contributed by atoms with Crippen molar-refractivity contribution in [3.63, 3.8) is 0 Å². The van der Waals surface area contributed by atoms with Gasteiger partial charge in [0.15, 0.2) is 13.2 Å². The Morgan fingerprint density at radius 1 is 0.562 bits per heavy atom. The van der Waals surface area contributed by atoms with Gasteiger partial charge < -0.3 is 18.9 Å². The molecule has 0 heterocycles. The Kier molecular flexibility index (Phi) is 15.7. The fourth-order valence-corrected chi connectivity index (χ4v) is 11.6. The van der Waals surface area contributed by atoms with Crippen LogP contribution in [0, 0.1) is 39.4 Å². The molecule has 0 spiro atoms. The largest absolute Gasteiger partial charge is 0.496 e. The van der Waals surface area contributed by atoms with Gasteiger partial charge in [0.1, 0.15) is 27.9 Å². The number of halogens is 4. The van der Waals surface area contributed by atoms with Gasteiger partial charge in [0.25, 0.3) is 11.8 Å². The topological polar surface area (TPSA) is 75.5 Å². The summed E-state index contributed by atoms with van der Waals surface area (Å²) in [5.74, 6) is -4.37. The van der Waals surface area contributed by atoms with Crippen LogP contribution in [0.2, 0.25) is 0 Å². The average Bonchev–Trinajstić information content (AvgIpc) is 3.28. The molecule has 2 saturated carbocycles. The fraction of sp³-hybridized carbons (Fsp3) is 0.692. The van der Waals surface area contributed by atoms with Crippen molar-refractivity contribution in [3.8, 4) is 23.0 Å². The van der Waals surface area contributed by atoms with Gasteiger partial charge in [-0.2, -0.15) is 9.68 Å². The third-order valence-electron chi connectivity index (χ3n) is 15.7. The minimum absolute atomic E-state index is 0.0115. The normalized spacial score (nSPS) is 24.1. The molecular weight excluding hydrogens is 827 g/mol. The highest BCUT2D eigenvalue weighted by Crippen LogP contribution is 2.67. The molecule has 0 amide bonds. The first-order chi connectivity index (χ1) is 30.4. The van der Waals surface area contributed by atoms with Gasteiger partial charge in [-0.3, -0.25) is 0 Å². The van der Waals surface area contributed by atoms with Crippen molar-refractivity contribution in [3.05, 3.63) is 74.7 Å². The number of allylic oxidation sites excluding steroid dienone is 2. The lowest BCUT2D eigenvalue weighted by Crippen LogP contribution is -2.52. The van der Waals surface area contributed by atoms with E-state index in [0.29, 0.717) is 47.0 Å². The SMILES string of the molecule is CCCCCCCC(F)(F)c1cc(OC)c([C@H]2C=C(CO[N+](=O)OCC3=C[C@H](c4c(OC)cc(C(F)(F)CCCCCCC)cc4OC)[C@@H]4C[C@@H]3C4(C)C)[C@@H]3C[C@@H]2C3(C)C)c(OC)c1. The van der Waals surface area contributed by atoms with Crippen molar-refractivity contribution in [2.45, 2.75) is 155 Å². The molecule has 6 atom stereocenters. The molecule has 2 aromatic carbocycles. The minimum atomic E-state index is -3.03. The number of benzene rings is 2. The first kappa shape index (κ1) is 49.5. The number of ether oxygens (including phenoxy) is 4. The van der Waals surface area contributed by atoms with Gasteiger partial charge in [0.2, 0.25) is 0 Å². The summed E-state index contributed by atoms with van der Waals surface area (Å²) in [5, 5.41) is 0.182. The number of alkyl halides is 4. The van der Waals surface area contributed by atoms with Crippen LogP contribution in [0.3, 0.4) is 0 Å². The molecule has 356 valence electrons. The molecule has 0 N–H and O–H groups in total. The van der Waals surface area contributed by atoms with E-state index in [0.717, 1.165) is 75.4 Å². The third-order valence-corrected chi connectivity index (χ3v) is 15.7. The molecule has 0 saturated heterocycles. The van der Waals surface area contributed by atoms with Crippen molar-refractivity contribution in [1.29, 1.82) is 0 Å². The Labute approximate surface area is 379 Å². The lowest BCUT2D eigenvalue weighted by Gasteiger charge is -2.59. The molecule has 2 aromatic rings. The van der Waals surface area contributed by atoms with Gasteiger partial charge in [-0.05, 0) is 95.6 Å². The maximum absolute atomic E-state index is 15.6. The number of fused-ring (bicyclic) bond motifs is 2. The first-order valence-electron chi connectivity index (χ1n) is 23.8. The Morgan fingerprint density at radius 3 is 1.19 bits per heavy atom. The van der Waals surface area contributed by atoms with Crippen LogP contribution in [-0.4, -0.2) is 46.7 Å². The molecular formula is C52H74F4NO7+. The molecule has 12 heteroatoms. The highest BCUT2D eigenvalue weighted by atomic mass is 19.3. The molecule has 6 aliphatic carbocycles. The van der Waals surface area contributed by atoms with E-state index < -0.39 is 11.8 Å². The van der Waals surface area contributed by atoms with E-state index in [9.17, 15) is 4.91 Å². The second-order valence-corrected chi connectivity index (χ2v) is 20.1. The van der Waals surface area contributed by atoms with E-state index in [1.807, 2.05) is 0 Å². The van der Waals surface area contributed by atoms with E-state index >= 15 is 17.6 Å². The van der Waals surface area contributed by atoms with Gasteiger partial charge >= 0.3 is 5.09 Å². The maximum Gasteiger partial charge on any atom is 0.478 e. The quantitative estimate of drug-likeness (QED) is 0.0403. The molecule has 8 rings (SSSR count). The van der Waals surface area contributed by atoms with Crippen molar-refractivity contribution >= 4 is 0 Å². The zero-order valence-electron chi connectivity index (χ0n) is 40.1. The first-order valence-corrected chi connectivity index (χ1v) is 23.8. The van der Waals surface area contributed by atoms with Crippen LogP contribution in [-0.2, 0) is 21.5 Å². The van der Waals surface area contributed by atoms with Crippen LogP contribution in [0.15, 0.2) is 47.6 Å². The third kappa shape index (κ3) is 9.91. The molecule has 0 radical (unpaired) electrons. The number of rotatable bonds is 26. The number of methoxy groups -OCH3 is 4. The van der Waals surface area contributed by atoms with Crippen LogP contribution >= 0.6 is 0 Å². The maximum atomic E-state index is 15.6. The number of nitrogens with zero attached hydrogens (tertiary/aromatic N) is 1. The van der Waals surface area contributed by atoms with Crippen LogP contribution in [0.5, 0.6) is 23.0 Å². The van der Waals surface area contributed by atoms with E-state index in [1.165, 1.54) is 52.7 Å². The zero-order valence-corrected chi connectivity index (χ0v) is 40.1. The smallest absolute Gasteiger partial charge is 0.478 e. The van der Waals surface area contributed by atoms with Crippen LogP contribution in [0.25, 0.3) is 0 Å². The second-order valence-electron chi connectivity index (χ2n) is 20.1. The van der Waals surface area contributed by atoms with Crippen molar-refractivity contribution in [2.24, 2.45) is 34.5 Å². The minimum Gasteiger partial charge on any atom is -0.496 e. The lowest BCUT2D eigenvalue weighted by molar-refractivity contribution is -0.979. The predicted molar refractivity (Wildman–Crippen MR) is 242 cm³/mol. The molecule has 0 aliphatic heterocycles. The summed E-state index contributed by atoms with van der Waals surface area (Å²) in [6, 6.07) is 5.86. The number of hydrogen-bond donors (Lipinski definition) is 0. The Hall–Kier alpha value is -3.96. The van der Waals surface area contributed by atoms with E-state index in [2.05, 4.69) is 53.7 Å². The highest BCUT2D eigenvalue weighted by molar-refractivity contribution is 5.56.